The van der Waals surface area contributed by atoms with Crippen LogP contribution in [0, 0.1) is 20.8 Å². The lowest BCUT2D eigenvalue weighted by atomic mass is 10.1. The second kappa shape index (κ2) is 7.51. The quantitative estimate of drug-likeness (QED) is 0.567. The van der Waals surface area contributed by atoms with E-state index < -0.39 is 0 Å². The predicted octanol–water partition coefficient (Wildman–Crippen LogP) is 3.52. The summed E-state index contributed by atoms with van der Waals surface area (Å²) in [7, 11) is 0. The number of hydrogen-bond acceptors (Lipinski definition) is 8. The molecule has 1 N–H and O–H groups in total. The Morgan fingerprint density at radius 1 is 1.00 bits per heavy atom. The predicted molar refractivity (Wildman–Crippen MR) is 104 cm³/mol. The first-order valence-electron chi connectivity index (χ1n) is 8.84. The first-order valence-corrected chi connectivity index (χ1v) is 8.84. The number of pyridine rings is 1. The molecule has 28 heavy (non-hydrogen) atoms. The SMILES string of the molecule is Cc1cnc(-c2nc(NCc3cccnc3)ncc2-c2onc(C)c2C)cn1. The van der Waals surface area contributed by atoms with Gasteiger partial charge in [0, 0.05) is 36.9 Å². The minimum atomic E-state index is 0.485. The third-order valence-electron chi connectivity index (χ3n) is 4.39. The van der Waals surface area contributed by atoms with E-state index in [-0.39, 0.29) is 0 Å². The maximum absolute atomic E-state index is 5.53. The topological polar surface area (TPSA) is 103 Å². The molecule has 0 fully saturated rings. The summed E-state index contributed by atoms with van der Waals surface area (Å²) in [4.78, 5) is 22.1. The lowest BCUT2D eigenvalue weighted by Gasteiger charge is -2.10. The Balaban J connectivity index is 1.74. The summed E-state index contributed by atoms with van der Waals surface area (Å²) < 4.78 is 5.53. The van der Waals surface area contributed by atoms with Crippen LogP contribution in [0.3, 0.4) is 0 Å². The Hall–Kier alpha value is -3.68. The number of nitrogens with one attached hydrogen (secondary N) is 1. The fourth-order valence-electron chi connectivity index (χ4n) is 2.69. The zero-order valence-electron chi connectivity index (χ0n) is 15.8. The van der Waals surface area contributed by atoms with Crippen molar-refractivity contribution in [1.29, 1.82) is 0 Å². The van der Waals surface area contributed by atoms with E-state index in [1.807, 2.05) is 32.9 Å². The van der Waals surface area contributed by atoms with Gasteiger partial charge in [0.15, 0.2) is 5.76 Å². The average molecular weight is 373 g/mol. The molecule has 0 amide bonds. The van der Waals surface area contributed by atoms with Crippen molar-refractivity contribution < 1.29 is 4.52 Å². The molecule has 4 aromatic heterocycles. The van der Waals surface area contributed by atoms with Crippen molar-refractivity contribution in [2.24, 2.45) is 0 Å². The van der Waals surface area contributed by atoms with Gasteiger partial charge in [-0.1, -0.05) is 11.2 Å². The number of hydrogen-bond donors (Lipinski definition) is 1. The molecule has 0 atom stereocenters. The van der Waals surface area contributed by atoms with Gasteiger partial charge in [-0.05, 0) is 32.4 Å². The molecule has 0 unspecified atom stereocenters. The third kappa shape index (κ3) is 3.57. The molecule has 4 rings (SSSR count). The fourth-order valence-corrected chi connectivity index (χ4v) is 2.69. The molecule has 0 radical (unpaired) electrons. The molecule has 0 aromatic carbocycles. The van der Waals surface area contributed by atoms with Crippen molar-refractivity contribution in [3.63, 3.8) is 0 Å². The summed E-state index contributed by atoms with van der Waals surface area (Å²) >= 11 is 0. The van der Waals surface area contributed by atoms with Crippen LogP contribution in [-0.4, -0.2) is 30.1 Å². The summed E-state index contributed by atoms with van der Waals surface area (Å²) in [5.74, 6) is 1.12. The second-order valence-electron chi connectivity index (χ2n) is 6.44. The van der Waals surface area contributed by atoms with Gasteiger partial charge in [-0.15, -0.1) is 0 Å². The van der Waals surface area contributed by atoms with Gasteiger partial charge in [-0.2, -0.15) is 0 Å². The van der Waals surface area contributed by atoms with Crippen LogP contribution >= 0.6 is 0 Å². The van der Waals surface area contributed by atoms with Crippen LogP contribution in [0.25, 0.3) is 22.7 Å². The first kappa shape index (κ1) is 17.7. The minimum absolute atomic E-state index is 0.485. The normalized spacial score (nSPS) is 10.8. The molecule has 4 heterocycles. The molecule has 0 aliphatic rings. The minimum Gasteiger partial charge on any atom is -0.356 e. The Morgan fingerprint density at radius 3 is 2.57 bits per heavy atom. The molecule has 140 valence electrons. The highest BCUT2D eigenvalue weighted by molar-refractivity contribution is 5.77. The van der Waals surface area contributed by atoms with Crippen LogP contribution in [-0.2, 0) is 6.54 Å². The molecule has 4 aromatic rings. The number of nitrogens with zero attached hydrogens (tertiary/aromatic N) is 6. The smallest absolute Gasteiger partial charge is 0.223 e. The summed E-state index contributed by atoms with van der Waals surface area (Å²) in [5.41, 5.74) is 5.64. The lowest BCUT2D eigenvalue weighted by molar-refractivity contribution is 0.426. The molecular weight excluding hydrogens is 354 g/mol. The Labute approximate surface area is 162 Å². The highest BCUT2D eigenvalue weighted by atomic mass is 16.5. The van der Waals surface area contributed by atoms with Crippen LogP contribution in [0.2, 0.25) is 0 Å². The van der Waals surface area contributed by atoms with E-state index in [1.54, 1.807) is 31.0 Å². The van der Waals surface area contributed by atoms with E-state index in [0.29, 0.717) is 29.6 Å². The van der Waals surface area contributed by atoms with E-state index in [9.17, 15) is 0 Å². The number of anilines is 1. The van der Waals surface area contributed by atoms with E-state index >= 15 is 0 Å². The molecule has 0 aliphatic carbocycles. The van der Waals surface area contributed by atoms with Crippen LogP contribution in [0.4, 0.5) is 5.95 Å². The maximum atomic E-state index is 5.53. The summed E-state index contributed by atoms with van der Waals surface area (Å²) in [6, 6.07) is 3.88. The van der Waals surface area contributed by atoms with E-state index in [0.717, 1.165) is 28.1 Å². The van der Waals surface area contributed by atoms with Gasteiger partial charge in [0.25, 0.3) is 0 Å². The van der Waals surface area contributed by atoms with Crippen molar-refractivity contribution >= 4 is 5.95 Å². The lowest BCUT2D eigenvalue weighted by Crippen LogP contribution is -2.06. The fraction of sp³-hybridized carbons (Fsp3) is 0.200. The Morgan fingerprint density at radius 2 is 1.89 bits per heavy atom. The first-order chi connectivity index (χ1) is 13.6. The summed E-state index contributed by atoms with van der Waals surface area (Å²) in [6.07, 6.45) is 8.68. The second-order valence-corrected chi connectivity index (χ2v) is 6.44. The molecule has 0 bridgehead atoms. The average Bonchev–Trinajstić information content (AvgIpc) is 3.06. The van der Waals surface area contributed by atoms with Crippen molar-refractivity contribution in [2.75, 3.05) is 5.32 Å². The molecule has 0 aliphatic heterocycles. The van der Waals surface area contributed by atoms with E-state index in [2.05, 4.69) is 35.4 Å². The van der Waals surface area contributed by atoms with Gasteiger partial charge in [-0.25, -0.2) is 9.97 Å². The molecule has 8 nitrogen and oxygen atoms in total. The van der Waals surface area contributed by atoms with Gasteiger partial charge < -0.3 is 9.84 Å². The van der Waals surface area contributed by atoms with Crippen LogP contribution < -0.4 is 5.32 Å². The van der Waals surface area contributed by atoms with Crippen molar-refractivity contribution in [2.45, 2.75) is 27.3 Å². The highest BCUT2D eigenvalue weighted by Gasteiger charge is 2.19. The van der Waals surface area contributed by atoms with Crippen molar-refractivity contribution in [3.8, 4) is 22.7 Å². The van der Waals surface area contributed by atoms with Gasteiger partial charge in [0.1, 0.15) is 11.4 Å². The molecule has 0 spiro atoms. The zero-order valence-corrected chi connectivity index (χ0v) is 15.8. The Kier molecular flexibility index (Phi) is 4.76. The number of rotatable bonds is 5. The largest absolute Gasteiger partial charge is 0.356 e. The molecular formula is C20H19N7O. The number of aromatic nitrogens is 6. The zero-order chi connectivity index (χ0) is 19.5. The van der Waals surface area contributed by atoms with Crippen LogP contribution in [0.5, 0.6) is 0 Å². The van der Waals surface area contributed by atoms with Gasteiger partial charge >= 0.3 is 0 Å². The maximum Gasteiger partial charge on any atom is 0.223 e. The van der Waals surface area contributed by atoms with Gasteiger partial charge in [-0.3, -0.25) is 15.0 Å². The van der Waals surface area contributed by atoms with Gasteiger partial charge in [0.05, 0.1) is 23.1 Å². The van der Waals surface area contributed by atoms with E-state index in [4.69, 9.17) is 4.52 Å². The number of aryl methyl sites for hydroxylation is 2. The summed E-state index contributed by atoms with van der Waals surface area (Å²) in [6.45, 7) is 6.31. The standard InChI is InChI=1S/C20H19N7O/c1-12-7-23-17(11-22-12)18-16(19-13(2)14(3)27-28-19)10-25-20(26-18)24-9-15-5-4-6-21-8-15/h4-8,10-11H,9H2,1-3H3,(H,24,25,26). The van der Waals surface area contributed by atoms with E-state index in [1.165, 1.54) is 0 Å². The molecule has 8 heteroatoms. The van der Waals surface area contributed by atoms with Gasteiger partial charge in [0.2, 0.25) is 5.95 Å². The van der Waals surface area contributed by atoms with Crippen molar-refractivity contribution in [1.82, 2.24) is 30.1 Å². The molecule has 0 saturated heterocycles. The highest BCUT2D eigenvalue weighted by Crippen LogP contribution is 2.32. The molecule has 0 saturated carbocycles. The van der Waals surface area contributed by atoms with Crippen molar-refractivity contribution in [3.05, 3.63) is 65.6 Å². The van der Waals surface area contributed by atoms with Crippen LogP contribution in [0.1, 0.15) is 22.5 Å². The van der Waals surface area contributed by atoms with Crippen LogP contribution in [0.15, 0.2) is 47.6 Å². The summed E-state index contributed by atoms with van der Waals surface area (Å²) in [5, 5.41) is 7.28. The Bertz CT molecular complexity index is 1090. The third-order valence-corrected chi connectivity index (χ3v) is 4.39. The monoisotopic (exact) mass is 373 g/mol.